The topological polar surface area (TPSA) is 83.7 Å². The van der Waals surface area contributed by atoms with Crippen LogP contribution >= 0.6 is 0 Å². The van der Waals surface area contributed by atoms with Gasteiger partial charge in [0.2, 0.25) is 5.95 Å². The zero-order chi connectivity index (χ0) is 13.5. The summed E-state index contributed by atoms with van der Waals surface area (Å²) in [5.74, 6) is 1.10. The van der Waals surface area contributed by atoms with E-state index in [1.807, 2.05) is 0 Å². The van der Waals surface area contributed by atoms with Crippen LogP contribution in [0.3, 0.4) is 0 Å². The first-order chi connectivity index (χ1) is 9.81. The predicted molar refractivity (Wildman–Crippen MR) is 77.3 cm³/mol. The standard InChI is InChI=1S/C14H14N6/c15-12-11-13(17-8-16-11)19-14(18-12)20-6-5-9-3-1-2-4-10(9)7-20/h1-4,8H,5-7H2,(H3,15,16,17,18,19). The highest BCUT2D eigenvalue weighted by molar-refractivity contribution is 5.82. The molecule has 0 saturated heterocycles. The highest BCUT2D eigenvalue weighted by atomic mass is 15.3. The molecule has 0 bridgehead atoms. The Morgan fingerprint density at radius 2 is 2.00 bits per heavy atom. The number of nitrogens with two attached hydrogens (primary N) is 1. The largest absolute Gasteiger partial charge is 0.382 e. The molecule has 2 aromatic heterocycles. The van der Waals surface area contributed by atoms with Gasteiger partial charge in [-0.3, -0.25) is 0 Å². The number of fused-ring (bicyclic) bond motifs is 2. The third-order valence-corrected chi connectivity index (χ3v) is 3.72. The Labute approximate surface area is 115 Å². The van der Waals surface area contributed by atoms with Gasteiger partial charge < -0.3 is 15.6 Å². The van der Waals surface area contributed by atoms with Crippen molar-refractivity contribution >= 4 is 22.9 Å². The molecule has 1 aliphatic rings. The number of hydrogen-bond acceptors (Lipinski definition) is 5. The van der Waals surface area contributed by atoms with Crippen molar-refractivity contribution in [2.24, 2.45) is 0 Å². The first-order valence-corrected chi connectivity index (χ1v) is 6.59. The summed E-state index contributed by atoms with van der Waals surface area (Å²) in [5, 5.41) is 0. The van der Waals surface area contributed by atoms with Gasteiger partial charge in [0.25, 0.3) is 0 Å². The number of imidazole rings is 1. The molecule has 3 aromatic rings. The fourth-order valence-electron chi connectivity index (χ4n) is 2.65. The predicted octanol–water partition coefficient (Wildman–Crippen LogP) is 1.50. The molecular weight excluding hydrogens is 252 g/mol. The minimum absolute atomic E-state index is 0.446. The zero-order valence-corrected chi connectivity index (χ0v) is 10.9. The Balaban J connectivity index is 1.74. The summed E-state index contributed by atoms with van der Waals surface area (Å²) >= 11 is 0. The van der Waals surface area contributed by atoms with Crippen LogP contribution in [0.15, 0.2) is 30.6 Å². The van der Waals surface area contributed by atoms with Gasteiger partial charge >= 0.3 is 0 Å². The maximum absolute atomic E-state index is 5.95. The van der Waals surface area contributed by atoms with Crippen molar-refractivity contribution < 1.29 is 0 Å². The van der Waals surface area contributed by atoms with E-state index in [-0.39, 0.29) is 0 Å². The van der Waals surface area contributed by atoms with Crippen molar-refractivity contribution in [1.82, 2.24) is 19.9 Å². The van der Waals surface area contributed by atoms with Gasteiger partial charge in [0.05, 0.1) is 6.33 Å². The number of nitrogens with zero attached hydrogens (tertiary/aromatic N) is 4. The number of H-pyrrole nitrogens is 1. The van der Waals surface area contributed by atoms with Gasteiger partial charge in [0, 0.05) is 13.1 Å². The van der Waals surface area contributed by atoms with Crippen LogP contribution in [-0.4, -0.2) is 26.5 Å². The number of hydrogen-bond donors (Lipinski definition) is 2. The van der Waals surface area contributed by atoms with E-state index < -0.39 is 0 Å². The number of aromatic amines is 1. The molecule has 0 amide bonds. The van der Waals surface area contributed by atoms with Crippen molar-refractivity contribution in [3.8, 4) is 0 Å². The Kier molecular flexibility index (Phi) is 2.35. The minimum atomic E-state index is 0.446. The molecule has 0 fully saturated rings. The minimum Gasteiger partial charge on any atom is -0.382 e. The van der Waals surface area contributed by atoms with Gasteiger partial charge in [-0.1, -0.05) is 24.3 Å². The molecule has 3 N–H and O–H groups in total. The summed E-state index contributed by atoms with van der Waals surface area (Å²) in [6.07, 6.45) is 2.59. The third kappa shape index (κ3) is 1.69. The number of nitrogens with one attached hydrogen (secondary N) is 1. The van der Waals surface area contributed by atoms with E-state index in [1.54, 1.807) is 6.33 Å². The number of rotatable bonds is 1. The molecule has 4 rings (SSSR count). The fraction of sp³-hybridized carbons (Fsp3) is 0.214. The number of anilines is 2. The average molecular weight is 266 g/mol. The van der Waals surface area contributed by atoms with Crippen LogP contribution in [0.4, 0.5) is 11.8 Å². The van der Waals surface area contributed by atoms with E-state index in [2.05, 4.69) is 49.1 Å². The van der Waals surface area contributed by atoms with Crippen molar-refractivity contribution in [3.05, 3.63) is 41.7 Å². The second-order valence-electron chi connectivity index (χ2n) is 4.95. The van der Waals surface area contributed by atoms with Gasteiger partial charge in [0.15, 0.2) is 11.5 Å². The SMILES string of the molecule is Nc1nc(N2CCc3ccccc3C2)nc2nc[nH]c12. The van der Waals surface area contributed by atoms with E-state index in [0.717, 1.165) is 19.5 Å². The lowest BCUT2D eigenvalue weighted by atomic mass is 10.0. The van der Waals surface area contributed by atoms with Crippen molar-refractivity contribution in [2.45, 2.75) is 13.0 Å². The summed E-state index contributed by atoms with van der Waals surface area (Å²) in [5.41, 5.74) is 9.99. The van der Waals surface area contributed by atoms with E-state index in [9.17, 15) is 0 Å². The fourth-order valence-corrected chi connectivity index (χ4v) is 2.65. The maximum atomic E-state index is 5.95. The number of aromatic nitrogens is 4. The summed E-state index contributed by atoms with van der Waals surface area (Å²) in [7, 11) is 0. The van der Waals surface area contributed by atoms with Gasteiger partial charge in [-0.15, -0.1) is 0 Å². The quantitative estimate of drug-likeness (QED) is 0.697. The molecule has 6 heteroatoms. The van der Waals surface area contributed by atoms with Crippen LogP contribution in [0, 0.1) is 0 Å². The van der Waals surface area contributed by atoms with Crippen molar-refractivity contribution in [1.29, 1.82) is 0 Å². The van der Waals surface area contributed by atoms with E-state index in [0.29, 0.717) is 22.9 Å². The van der Waals surface area contributed by atoms with Gasteiger partial charge in [-0.2, -0.15) is 9.97 Å². The maximum Gasteiger partial charge on any atom is 0.229 e. The average Bonchev–Trinajstić information content (AvgIpc) is 2.96. The highest BCUT2D eigenvalue weighted by Gasteiger charge is 2.19. The Bertz CT molecular complexity index is 778. The van der Waals surface area contributed by atoms with Crippen molar-refractivity contribution in [3.63, 3.8) is 0 Å². The normalized spacial score (nSPS) is 14.5. The van der Waals surface area contributed by atoms with Crippen LogP contribution in [0.1, 0.15) is 11.1 Å². The van der Waals surface area contributed by atoms with E-state index in [4.69, 9.17) is 5.73 Å². The number of benzene rings is 1. The molecule has 1 aliphatic heterocycles. The first kappa shape index (κ1) is 11.2. The third-order valence-electron chi connectivity index (χ3n) is 3.72. The molecule has 0 saturated carbocycles. The van der Waals surface area contributed by atoms with Crippen LogP contribution in [0.2, 0.25) is 0 Å². The van der Waals surface area contributed by atoms with Gasteiger partial charge in [0.1, 0.15) is 5.52 Å². The Morgan fingerprint density at radius 1 is 1.15 bits per heavy atom. The summed E-state index contributed by atoms with van der Waals surface area (Å²) in [6.45, 7) is 1.71. The molecule has 0 unspecified atom stereocenters. The molecule has 6 nitrogen and oxygen atoms in total. The van der Waals surface area contributed by atoms with E-state index in [1.165, 1.54) is 11.1 Å². The Morgan fingerprint density at radius 3 is 2.90 bits per heavy atom. The van der Waals surface area contributed by atoms with Gasteiger partial charge in [-0.25, -0.2) is 4.98 Å². The van der Waals surface area contributed by atoms with Crippen LogP contribution in [-0.2, 0) is 13.0 Å². The molecular formula is C14H14N6. The molecule has 0 radical (unpaired) electrons. The molecule has 20 heavy (non-hydrogen) atoms. The molecule has 0 atom stereocenters. The lowest BCUT2D eigenvalue weighted by Crippen LogP contribution is -2.31. The summed E-state index contributed by atoms with van der Waals surface area (Å²) < 4.78 is 0. The van der Waals surface area contributed by atoms with Crippen LogP contribution < -0.4 is 10.6 Å². The first-order valence-electron chi connectivity index (χ1n) is 6.59. The highest BCUT2D eigenvalue weighted by Crippen LogP contribution is 2.24. The Hall–Kier alpha value is -2.63. The monoisotopic (exact) mass is 266 g/mol. The lowest BCUT2D eigenvalue weighted by molar-refractivity contribution is 0.710. The molecule has 0 aliphatic carbocycles. The van der Waals surface area contributed by atoms with Crippen LogP contribution in [0.5, 0.6) is 0 Å². The molecule has 1 aromatic carbocycles. The smallest absolute Gasteiger partial charge is 0.229 e. The molecule has 0 spiro atoms. The molecule has 100 valence electrons. The number of nitrogen functional groups attached to an aromatic ring is 1. The molecule has 3 heterocycles. The summed E-state index contributed by atoms with van der Waals surface area (Å²) in [4.78, 5) is 18.1. The second-order valence-corrected chi connectivity index (χ2v) is 4.95. The second kappa shape index (κ2) is 4.19. The van der Waals surface area contributed by atoms with Gasteiger partial charge in [-0.05, 0) is 17.5 Å². The zero-order valence-electron chi connectivity index (χ0n) is 10.9. The van der Waals surface area contributed by atoms with Crippen molar-refractivity contribution in [2.75, 3.05) is 17.2 Å². The summed E-state index contributed by atoms with van der Waals surface area (Å²) in [6, 6.07) is 8.48. The van der Waals surface area contributed by atoms with E-state index >= 15 is 0 Å². The van der Waals surface area contributed by atoms with Crippen LogP contribution in [0.25, 0.3) is 11.2 Å². The lowest BCUT2D eigenvalue weighted by Gasteiger charge is -2.28.